The van der Waals surface area contributed by atoms with E-state index in [1.165, 1.54) is 32.1 Å². The van der Waals surface area contributed by atoms with Crippen molar-refractivity contribution in [1.82, 2.24) is 0 Å². The average Bonchev–Trinajstić information content (AvgIpc) is 2.42. The van der Waals surface area contributed by atoms with Crippen LogP contribution in [0.25, 0.3) is 0 Å². The van der Waals surface area contributed by atoms with Crippen molar-refractivity contribution in [3.05, 3.63) is 0 Å². The summed E-state index contributed by atoms with van der Waals surface area (Å²) in [4.78, 5) is 0. The van der Waals surface area contributed by atoms with Gasteiger partial charge in [-0.3, -0.25) is 0 Å². The Kier molecular flexibility index (Phi) is 14.1. The molecule has 0 fully saturated rings. The zero-order valence-electron chi connectivity index (χ0n) is 12.6. The smallest absolute Gasteiger partial charge is 0.128 e. The minimum absolute atomic E-state index is 0.0566. The second-order valence-electron chi connectivity index (χ2n) is 5.06. The number of alkyl halides is 1. The van der Waals surface area contributed by atoms with Crippen molar-refractivity contribution in [2.75, 3.05) is 26.9 Å². The summed E-state index contributed by atoms with van der Waals surface area (Å²) in [6.07, 6.45) is 6.42. The molecule has 0 amide bonds. The molecular formula is C15H31FO3. The Labute approximate surface area is 117 Å². The van der Waals surface area contributed by atoms with Crippen molar-refractivity contribution in [1.29, 1.82) is 0 Å². The number of aliphatic hydroxyl groups excluding tert-OH is 1. The first kappa shape index (κ1) is 18.8. The van der Waals surface area contributed by atoms with Crippen molar-refractivity contribution in [2.24, 2.45) is 0 Å². The van der Waals surface area contributed by atoms with Gasteiger partial charge in [-0.05, 0) is 6.42 Å². The Morgan fingerprint density at radius 3 is 2.26 bits per heavy atom. The Morgan fingerprint density at radius 2 is 1.63 bits per heavy atom. The van der Waals surface area contributed by atoms with Crippen molar-refractivity contribution in [3.63, 3.8) is 0 Å². The largest absolute Gasteiger partial charge is 0.388 e. The van der Waals surface area contributed by atoms with Crippen LogP contribution >= 0.6 is 0 Å². The van der Waals surface area contributed by atoms with Crippen LogP contribution in [-0.2, 0) is 9.47 Å². The van der Waals surface area contributed by atoms with E-state index in [1.54, 1.807) is 7.11 Å². The number of aliphatic hydroxyl groups is 1. The molecule has 0 heterocycles. The Morgan fingerprint density at radius 1 is 1.00 bits per heavy atom. The maximum atomic E-state index is 13.6. The molecule has 1 unspecified atom stereocenters. The summed E-state index contributed by atoms with van der Waals surface area (Å²) in [7, 11) is 1.58. The number of hydrogen-bond acceptors (Lipinski definition) is 3. The zero-order valence-corrected chi connectivity index (χ0v) is 12.6. The highest BCUT2D eigenvalue weighted by molar-refractivity contribution is 4.67. The van der Waals surface area contributed by atoms with Crippen LogP contribution < -0.4 is 0 Å². The Bertz CT molecular complexity index is 179. The molecule has 0 aliphatic heterocycles. The maximum absolute atomic E-state index is 13.6. The fourth-order valence-corrected chi connectivity index (χ4v) is 1.94. The highest BCUT2D eigenvalue weighted by Crippen LogP contribution is 2.13. The van der Waals surface area contributed by atoms with Gasteiger partial charge in [-0.1, -0.05) is 51.9 Å². The van der Waals surface area contributed by atoms with E-state index in [0.717, 1.165) is 12.8 Å². The lowest BCUT2D eigenvalue weighted by atomic mass is 10.0. The fraction of sp³-hybridized carbons (Fsp3) is 1.00. The second-order valence-corrected chi connectivity index (χ2v) is 5.06. The first-order chi connectivity index (χ1) is 9.22. The van der Waals surface area contributed by atoms with E-state index in [1.807, 2.05) is 0 Å². The van der Waals surface area contributed by atoms with E-state index < -0.39 is 12.3 Å². The summed E-state index contributed by atoms with van der Waals surface area (Å²) in [5.41, 5.74) is 0. The number of ether oxygens (including phenoxy) is 2. The van der Waals surface area contributed by atoms with E-state index in [4.69, 9.17) is 9.47 Å². The van der Waals surface area contributed by atoms with E-state index in [2.05, 4.69) is 6.92 Å². The number of unbranched alkanes of at least 4 members (excludes halogenated alkanes) is 6. The van der Waals surface area contributed by atoms with E-state index in [-0.39, 0.29) is 6.61 Å². The molecular weight excluding hydrogens is 247 g/mol. The lowest BCUT2D eigenvalue weighted by Gasteiger charge is -2.15. The first-order valence-corrected chi connectivity index (χ1v) is 7.61. The van der Waals surface area contributed by atoms with Crippen molar-refractivity contribution >= 4 is 0 Å². The van der Waals surface area contributed by atoms with Gasteiger partial charge in [0, 0.05) is 7.11 Å². The molecule has 0 aliphatic rings. The molecule has 0 saturated carbocycles. The number of rotatable bonds is 14. The van der Waals surface area contributed by atoms with Gasteiger partial charge in [-0.15, -0.1) is 0 Å². The third-order valence-electron chi connectivity index (χ3n) is 3.22. The number of methoxy groups -OCH3 is 1. The van der Waals surface area contributed by atoms with Gasteiger partial charge in [0.15, 0.2) is 0 Å². The molecule has 2 atom stereocenters. The monoisotopic (exact) mass is 278 g/mol. The van der Waals surface area contributed by atoms with Gasteiger partial charge in [0.25, 0.3) is 0 Å². The van der Waals surface area contributed by atoms with Crippen molar-refractivity contribution in [2.45, 2.75) is 70.6 Å². The summed E-state index contributed by atoms with van der Waals surface area (Å²) in [5, 5.41) is 9.55. The SMILES string of the molecule is CCCCCCCCCC(F)[C@@H](O)COCCOC. The topological polar surface area (TPSA) is 38.7 Å². The van der Waals surface area contributed by atoms with Crippen LogP contribution in [0.1, 0.15) is 58.3 Å². The third kappa shape index (κ3) is 12.6. The Balaban J connectivity index is 3.33. The minimum Gasteiger partial charge on any atom is -0.388 e. The molecule has 19 heavy (non-hydrogen) atoms. The molecule has 4 heteroatoms. The number of hydrogen-bond donors (Lipinski definition) is 1. The van der Waals surface area contributed by atoms with Gasteiger partial charge in [0.05, 0.1) is 19.8 Å². The third-order valence-corrected chi connectivity index (χ3v) is 3.22. The zero-order chi connectivity index (χ0) is 14.3. The van der Waals surface area contributed by atoms with Crippen LogP contribution in [0.4, 0.5) is 4.39 Å². The molecule has 0 spiro atoms. The molecule has 0 aromatic heterocycles. The molecule has 3 nitrogen and oxygen atoms in total. The molecule has 0 radical (unpaired) electrons. The van der Waals surface area contributed by atoms with Crippen LogP contribution in [0, 0.1) is 0 Å². The van der Waals surface area contributed by atoms with Gasteiger partial charge < -0.3 is 14.6 Å². The van der Waals surface area contributed by atoms with Gasteiger partial charge in [0.2, 0.25) is 0 Å². The van der Waals surface area contributed by atoms with Crippen molar-refractivity contribution < 1.29 is 19.0 Å². The summed E-state index contributed by atoms with van der Waals surface area (Å²) in [5.74, 6) is 0. The van der Waals surface area contributed by atoms with E-state index >= 15 is 0 Å². The van der Waals surface area contributed by atoms with Crippen LogP contribution in [0.15, 0.2) is 0 Å². The summed E-state index contributed by atoms with van der Waals surface area (Å²) < 4.78 is 23.5. The highest BCUT2D eigenvalue weighted by atomic mass is 19.1. The molecule has 116 valence electrons. The standard InChI is InChI=1S/C15H31FO3/c1-3-4-5-6-7-8-9-10-14(16)15(17)13-19-12-11-18-2/h14-15,17H,3-13H2,1-2H3/t14?,15-/m0/s1. The lowest BCUT2D eigenvalue weighted by molar-refractivity contribution is -0.0220. The highest BCUT2D eigenvalue weighted by Gasteiger charge is 2.17. The average molecular weight is 278 g/mol. The minimum atomic E-state index is -1.17. The predicted molar refractivity (Wildman–Crippen MR) is 76.2 cm³/mol. The van der Waals surface area contributed by atoms with Crippen LogP contribution in [-0.4, -0.2) is 44.3 Å². The Hall–Kier alpha value is -0.190. The molecule has 0 bridgehead atoms. The molecule has 0 rings (SSSR count). The molecule has 1 N–H and O–H groups in total. The van der Waals surface area contributed by atoms with Gasteiger partial charge in [-0.25, -0.2) is 4.39 Å². The van der Waals surface area contributed by atoms with Crippen molar-refractivity contribution in [3.8, 4) is 0 Å². The second kappa shape index (κ2) is 14.2. The fourth-order valence-electron chi connectivity index (χ4n) is 1.94. The van der Waals surface area contributed by atoms with Crippen LogP contribution in [0.2, 0.25) is 0 Å². The summed E-state index contributed by atoms with van der Waals surface area (Å²) in [6.45, 7) is 3.13. The van der Waals surface area contributed by atoms with E-state index in [9.17, 15) is 9.50 Å². The van der Waals surface area contributed by atoms with Gasteiger partial charge >= 0.3 is 0 Å². The summed E-state index contributed by atoms with van der Waals surface area (Å²) in [6, 6.07) is 0. The summed E-state index contributed by atoms with van der Waals surface area (Å²) >= 11 is 0. The van der Waals surface area contributed by atoms with Crippen LogP contribution in [0.3, 0.4) is 0 Å². The van der Waals surface area contributed by atoms with Gasteiger partial charge in [0.1, 0.15) is 12.3 Å². The maximum Gasteiger partial charge on any atom is 0.128 e. The normalized spacial score (nSPS) is 14.5. The van der Waals surface area contributed by atoms with E-state index in [0.29, 0.717) is 19.6 Å². The molecule has 0 saturated heterocycles. The molecule has 0 aliphatic carbocycles. The molecule has 0 aromatic rings. The molecule has 0 aromatic carbocycles. The first-order valence-electron chi connectivity index (χ1n) is 7.61. The lowest BCUT2D eigenvalue weighted by Crippen LogP contribution is -2.27. The van der Waals surface area contributed by atoms with Crippen LogP contribution in [0.5, 0.6) is 0 Å². The number of halogens is 1. The quantitative estimate of drug-likeness (QED) is 0.494. The van der Waals surface area contributed by atoms with Gasteiger partial charge in [-0.2, -0.15) is 0 Å². The predicted octanol–water partition coefficient (Wildman–Crippen LogP) is 3.49.